The van der Waals surface area contributed by atoms with Gasteiger partial charge in [-0.3, -0.25) is 14.0 Å². The van der Waals surface area contributed by atoms with Crippen molar-refractivity contribution in [3.63, 3.8) is 0 Å². The molecule has 3 aromatic heterocycles. The number of aromatic nitrogens is 3. The van der Waals surface area contributed by atoms with Gasteiger partial charge in [-0.1, -0.05) is 52.9 Å². The van der Waals surface area contributed by atoms with Crippen LogP contribution in [0.2, 0.25) is 0 Å². The first kappa shape index (κ1) is 27.9. The van der Waals surface area contributed by atoms with E-state index in [1.54, 1.807) is 60.2 Å². The Morgan fingerprint density at radius 3 is 2.76 bits per heavy atom. The molecule has 3 aromatic rings. The number of aryl methyl sites for hydroxylation is 1. The lowest BCUT2D eigenvalue weighted by Crippen LogP contribution is -2.33. The van der Waals surface area contributed by atoms with Gasteiger partial charge in [0.15, 0.2) is 5.49 Å². The van der Waals surface area contributed by atoms with Crippen LogP contribution in [0.15, 0.2) is 75.6 Å². The van der Waals surface area contributed by atoms with Crippen molar-refractivity contribution >= 4 is 44.5 Å². The number of nitrogens with zero attached hydrogens (tertiary/aromatic N) is 4. The van der Waals surface area contributed by atoms with E-state index in [-0.39, 0.29) is 35.0 Å². The Bertz CT molecular complexity index is 1500. The summed E-state index contributed by atoms with van der Waals surface area (Å²) in [6, 6.07) is 6.62. The van der Waals surface area contributed by atoms with Crippen molar-refractivity contribution in [2.45, 2.75) is 33.2 Å². The Labute approximate surface area is 222 Å². The van der Waals surface area contributed by atoms with Crippen LogP contribution < -0.4 is 11.0 Å². The van der Waals surface area contributed by atoms with Gasteiger partial charge in [-0.25, -0.2) is 9.78 Å². The van der Waals surface area contributed by atoms with E-state index in [9.17, 15) is 14.4 Å². The normalized spacial score (nSPS) is 12.5. The van der Waals surface area contributed by atoms with Crippen LogP contribution in [0.4, 0.5) is 0 Å². The maximum atomic E-state index is 13.4. The van der Waals surface area contributed by atoms with Gasteiger partial charge < -0.3 is 14.0 Å². The number of ether oxygens (including phenoxy) is 2. The van der Waals surface area contributed by atoms with Crippen LogP contribution in [0.1, 0.15) is 37.0 Å². The number of carbonyl (C=O) groups is 2. The number of hydrogen-bond acceptors (Lipinski definition) is 6. The van der Waals surface area contributed by atoms with E-state index in [1.165, 1.54) is 10.5 Å². The van der Waals surface area contributed by atoms with Crippen molar-refractivity contribution in [2.75, 3.05) is 19.8 Å². The molecule has 0 unspecified atom stereocenters. The number of esters is 1. The highest BCUT2D eigenvalue weighted by Crippen LogP contribution is 2.14. The molecule has 0 aliphatic rings. The SMILES string of the molecule is C=C/C=C/C=C(\Br)CC(=O)N=c1c(C(=O)OCC)cc2c(=O)n3ccccc3nc2n1CCCOCC. The predicted molar refractivity (Wildman–Crippen MR) is 146 cm³/mol. The summed E-state index contributed by atoms with van der Waals surface area (Å²) >= 11 is 3.37. The van der Waals surface area contributed by atoms with E-state index < -0.39 is 11.9 Å². The molecule has 3 heterocycles. The second-order valence-electron chi connectivity index (χ2n) is 7.80. The standard InChI is InChI=1S/C27H29BrN4O5/c1-4-7-8-12-19(28)17-23(33)30-25-21(27(35)37-6-3)18-20-24(32(25)15-11-16-36-5-2)29-22-13-9-10-14-31(22)26(20)34/h4,7-10,12-14,18H,1,5-6,11,15-17H2,2-3H3/b8-7+,19-12-,30-25?. The molecule has 0 N–H and O–H groups in total. The highest BCUT2D eigenvalue weighted by molar-refractivity contribution is 9.11. The van der Waals surface area contributed by atoms with Crippen molar-refractivity contribution in [3.05, 3.63) is 87.2 Å². The molecule has 0 saturated carbocycles. The Hall–Kier alpha value is -3.63. The molecule has 0 atom stereocenters. The number of fused-ring (bicyclic) bond motifs is 2. The molecule has 10 heteroatoms. The number of amides is 1. The first-order valence-corrected chi connectivity index (χ1v) is 12.7. The predicted octanol–water partition coefficient (Wildman–Crippen LogP) is 4.09. The molecule has 0 radical (unpaired) electrons. The molecule has 9 nitrogen and oxygen atoms in total. The molecular formula is C27H29BrN4O5. The third kappa shape index (κ3) is 6.99. The first-order valence-electron chi connectivity index (χ1n) is 11.9. The van der Waals surface area contributed by atoms with Gasteiger partial charge in [0.1, 0.15) is 16.9 Å². The minimum atomic E-state index is -0.685. The summed E-state index contributed by atoms with van der Waals surface area (Å²) in [4.78, 5) is 48.3. The summed E-state index contributed by atoms with van der Waals surface area (Å²) in [6.07, 6.45) is 8.92. The van der Waals surface area contributed by atoms with Gasteiger partial charge in [0.25, 0.3) is 11.5 Å². The Kier molecular flexibility index (Phi) is 10.3. The van der Waals surface area contributed by atoms with Gasteiger partial charge in [-0.2, -0.15) is 4.99 Å². The largest absolute Gasteiger partial charge is 0.462 e. The third-order valence-corrected chi connectivity index (χ3v) is 5.78. The lowest BCUT2D eigenvalue weighted by Gasteiger charge is -2.15. The van der Waals surface area contributed by atoms with Gasteiger partial charge >= 0.3 is 5.97 Å². The summed E-state index contributed by atoms with van der Waals surface area (Å²) < 4.78 is 14.4. The monoisotopic (exact) mass is 568 g/mol. The van der Waals surface area contributed by atoms with Gasteiger partial charge in [-0.05, 0) is 38.5 Å². The lowest BCUT2D eigenvalue weighted by atomic mass is 10.2. The fourth-order valence-electron chi connectivity index (χ4n) is 3.64. The van der Waals surface area contributed by atoms with Crippen LogP contribution in [0.5, 0.6) is 0 Å². The molecule has 0 spiro atoms. The summed E-state index contributed by atoms with van der Waals surface area (Å²) in [6.45, 7) is 8.61. The van der Waals surface area contributed by atoms with E-state index in [0.29, 0.717) is 42.0 Å². The van der Waals surface area contributed by atoms with E-state index in [4.69, 9.17) is 9.47 Å². The quantitative estimate of drug-likeness (QED) is 0.149. The number of allylic oxidation sites excluding steroid dienone is 4. The molecule has 0 aliphatic heterocycles. The minimum Gasteiger partial charge on any atom is -0.462 e. The highest BCUT2D eigenvalue weighted by atomic mass is 79.9. The molecule has 37 heavy (non-hydrogen) atoms. The molecule has 0 saturated heterocycles. The zero-order valence-corrected chi connectivity index (χ0v) is 22.4. The average molecular weight is 569 g/mol. The van der Waals surface area contributed by atoms with E-state index in [1.807, 2.05) is 6.92 Å². The van der Waals surface area contributed by atoms with Crippen molar-refractivity contribution in [1.29, 1.82) is 0 Å². The van der Waals surface area contributed by atoms with Crippen molar-refractivity contribution in [3.8, 4) is 0 Å². The maximum Gasteiger partial charge on any atom is 0.341 e. The van der Waals surface area contributed by atoms with E-state index in [0.717, 1.165) is 0 Å². The minimum absolute atomic E-state index is 0.0144. The molecule has 0 aliphatic carbocycles. The van der Waals surface area contributed by atoms with Crippen LogP contribution in [0.3, 0.4) is 0 Å². The fourth-order valence-corrected chi connectivity index (χ4v) is 4.03. The number of pyridine rings is 2. The topological polar surface area (TPSA) is 104 Å². The summed E-state index contributed by atoms with van der Waals surface area (Å²) in [7, 11) is 0. The van der Waals surface area contributed by atoms with Crippen LogP contribution in [-0.4, -0.2) is 45.6 Å². The molecule has 194 valence electrons. The molecule has 3 rings (SSSR count). The van der Waals surface area contributed by atoms with E-state index >= 15 is 0 Å². The molecular weight excluding hydrogens is 540 g/mol. The number of carbonyl (C=O) groups excluding carboxylic acids is 2. The second kappa shape index (κ2) is 13.6. The lowest BCUT2D eigenvalue weighted by molar-refractivity contribution is -0.117. The Morgan fingerprint density at radius 1 is 1.22 bits per heavy atom. The number of hydrogen-bond donors (Lipinski definition) is 0. The van der Waals surface area contributed by atoms with Crippen molar-refractivity contribution in [2.24, 2.45) is 4.99 Å². The van der Waals surface area contributed by atoms with Gasteiger partial charge in [0, 0.05) is 30.4 Å². The van der Waals surface area contributed by atoms with E-state index in [2.05, 4.69) is 32.5 Å². The second-order valence-corrected chi connectivity index (χ2v) is 8.82. The fraction of sp³-hybridized carbons (Fsp3) is 0.296. The zero-order chi connectivity index (χ0) is 26.8. The number of halogens is 1. The summed E-state index contributed by atoms with van der Waals surface area (Å²) in [5.41, 5.74) is 0.500. The first-order chi connectivity index (χ1) is 17.9. The molecule has 0 aromatic carbocycles. The summed E-state index contributed by atoms with van der Waals surface area (Å²) in [5.74, 6) is -1.17. The van der Waals surface area contributed by atoms with Crippen LogP contribution in [0.25, 0.3) is 16.7 Å². The smallest absolute Gasteiger partial charge is 0.341 e. The Morgan fingerprint density at radius 2 is 2.03 bits per heavy atom. The van der Waals surface area contributed by atoms with Crippen molar-refractivity contribution < 1.29 is 19.1 Å². The molecule has 1 amide bonds. The third-order valence-electron chi connectivity index (χ3n) is 5.23. The zero-order valence-electron chi connectivity index (χ0n) is 20.9. The number of rotatable bonds is 11. The average Bonchev–Trinajstić information content (AvgIpc) is 2.87. The molecule has 0 bridgehead atoms. The maximum absolute atomic E-state index is 13.4. The van der Waals surface area contributed by atoms with Gasteiger partial charge in [-0.15, -0.1) is 0 Å². The van der Waals surface area contributed by atoms with Crippen LogP contribution >= 0.6 is 15.9 Å². The Balaban J connectivity index is 2.30. The van der Waals surface area contributed by atoms with Gasteiger partial charge in [0.05, 0.1) is 18.4 Å². The highest BCUT2D eigenvalue weighted by Gasteiger charge is 2.20. The van der Waals surface area contributed by atoms with Crippen LogP contribution in [0, 0.1) is 0 Å². The molecule has 0 fully saturated rings. The van der Waals surface area contributed by atoms with Crippen LogP contribution in [-0.2, 0) is 20.8 Å². The summed E-state index contributed by atoms with van der Waals surface area (Å²) in [5, 5.41) is 0.213. The van der Waals surface area contributed by atoms with Crippen molar-refractivity contribution in [1.82, 2.24) is 14.0 Å². The van der Waals surface area contributed by atoms with Gasteiger partial charge in [0.2, 0.25) is 0 Å².